The number of ketones is 1. The van der Waals surface area contributed by atoms with E-state index >= 15 is 0 Å². The first kappa shape index (κ1) is 51.5. The predicted molar refractivity (Wildman–Crippen MR) is 243 cm³/mol. The predicted octanol–water partition coefficient (Wildman–Crippen LogP) is 7.64. The molecular weight excluding hydrogens is 825 g/mol. The van der Waals surface area contributed by atoms with Crippen LogP contribution in [0.3, 0.4) is 0 Å². The van der Waals surface area contributed by atoms with Gasteiger partial charge in [0, 0.05) is 80.3 Å². The van der Waals surface area contributed by atoms with Gasteiger partial charge in [-0.05, 0) is 32.8 Å². The lowest BCUT2D eigenvalue weighted by molar-refractivity contribution is -0.160. The lowest BCUT2D eigenvalue weighted by Crippen LogP contribution is -2.46. The van der Waals surface area contributed by atoms with Crippen molar-refractivity contribution in [1.29, 1.82) is 0 Å². The zero-order chi connectivity index (χ0) is 47.6. The summed E-state index contributed by atoms with van der Waals surface area (Å²) in [4.78, 5) is 56.3. The summed E-state index contributed by atoms with van der Waals surface area (Å²) < 4.78 is 30.1. The van der Waals surface area contributed by atoms with Crippen molar-refractivity contribution in [3.8, 4) is 23.0 Å². The van der Waals surface area contributed by atoms with Gasteiger partial charge in [0.25, 0.3) is 17.6 Å². The molecule has 0 aliphatic carbocycles. The summed E-state index contributed by atoms with van der Waals surface area (Å²) in [7, 11) is 1.45. The zero-order valence-electron chi connectivity index (χ0n) is 39.4. The molecule has 0 saturated heterocycles. The Morgan fingerprint density at radius 2 is 1.53 bits per heavy atom. The van der Waals surface area contributed by atoms with E-state index in [9.17, 15) is 39.6 Å². The molecule has 2 amide bonds. The molecule has 0 radical (unpaired) electrons. The van der Waals surface area contributed by atoms with E-state index in [1.54, 1.807) is 51.7 Å². The standard InChI is InChI=1S/C49H70N2O13/c1-12-14-16-22-51(23-17-15-13-2)37(53)26-61-36-25-34-44(57)39-38(36)40-46(32(8)43(39)56)64-49(10,47(40)58)62-24-21-35(60-11)29(5)45(63-33(9)52)31(7)42(55)30(6)41(54)27(3)19-18-20-28(4)48(59)50-34/h18-21,24-25,27,29-31,35,41-42,45,54-57H,12-17,22-23,26H2,1-11H3,(H,50,59)/b19-18+,24-21+,28-20+. The highest BCUT2D eigenvalue weighted by Crippen LogP contribution is 2.54. The van der Waals surface area contributed by atoms with E-state index in [2.05, 4.69) is 19.2 Å². The van der Waals surface area contributed by atoms with Crippen LogP contribution in [0, 0.1) is 30.6 Å². The molecule has 0 fully saturated rings. The number of hydrogen-bond donors (Lipinski definition) is 5. The minimum absolute atomic E-state index is 0.0463. The number of benzene rings is 2. The van der Waals surface area contributed by atoms with Crippen LogP contribution in [0.15, 0.2) is 42.2 Å². The van der Waals surface area contributed by atoms with Crippen molar-refractivity contribution >= 4 is 40.0 Å². The molecule has 5 bridgehead atoms. The number of carbonyl (C=O) groups is 4. The van der Waals surface area contributed by atoms with E-state index in [0.29, 0.717) is 13.1 Å². The van der Waals surface area contributed by atoms with Gasteiger partial charge in [-0.3, -0.25) is 19.2 Å². The second-order valence-electron chi connectivity index (χ2n) is 17.5. The first-order chi connectivity index (χ1) is 30.2. The summed E-state index contributed by atoms with van der Waals surface area (Å²) in [5.41, 5.74) is 0.0358. The van der Waals surface area contributed by atoms with Crippen molar-refractivity contribution in [3.05, 3.63) is 53.3 Å². The number of nitrogens with one attached hydrogen (secondary N) is 1. The van der Waals surface area contributed by atoms with Gasteiger partial charge in [-0.15, -0.1) is 0 Å². The van der Waals surface area contributed by atoms with Crippen LogP contribution in [0.4, 0.5) is 5.69 Å². The van der Waals surface area contributed by atoms with Gasteiger partial charge >= 0.3 is 11.8 Å². The van der Waals surface area contributed by atoms with Gasteiger partial charge in [-0.25, -0.2) is 0 Å². The number of allylic oxidation sites excluding steroid dienone is 2. The molecule has 64 heavy (non-hydrogen) atoms. The van der Waals surface area contributed by atoms with Gasteiger partial charge in [0.1, 0.15) is 23.4 Å². The summed E-state index contributed by atoms with van der Waals surface area (Å²) in [6.07, 6.45) is 9.12. The van der Waals surface area contributed by atoms with Crippen LogP contribution >= 0.6 is 0 Å². The van der Waals surface area contributed by atoms with Gasteiger partial charge in [0.15, 0.2) is 12.4 Å². The van der Waals surface area contributed by atoms with Crippen molar-refractivity contribution in [2.75, 3.05) is 32.1 Å². The Kier molecular flexibility index (Phi) is 18.2. The molecule has 0 saturated carbocycles. The van der Waals surface area contributed by atoms with Crippen molar-refractivity contribution < 1.29 is 63.3 Å². The SMILES string of the molecule is CCCCCN(CCCCC)C(=O)COc1cc2c(O)c3c(O)c(C)c4c(c13)C(=O)C(C)(O/C=C/C(OC)C(C)C(OC(C)=O)C(C)C(O)C(C)C(O)C(C)/C=C/C=C(\C)C(=O)N2)O4. The number of aliphatic hydroxyl groups excluding tert-OH is 2. The van der Waals surface area contributed by atoms with Crippen LogP contribution in [0.5, 0.6) is 23.0 Å². The van der Waals surface area contributed by atoms with Gasteiger partial charge in [0.2, 0.25) is 0 Å². The highest BCUT2D eigenvalue weighted by Gasteiger charge is 2.50. The van der Waals surface area contributed by atoms with E-state index in [0.717, 1.165) is 38.5 Å². The molecule has 9 unspecified atom stereocenters. The molecule has 354 valence electrons. The largest absolute Gasteiger partial charge is 0.507 e. The molecule has 15 nitrogen and oxygen atoms in total. The molecule has 2 aromatic rings. The van der Waals surface area contributed by atoms with Crippen LogP contribution in [0.1, 0.15) is 117 Å². The number of aromatic hydroxyl groups is 2. The van der Waals surface area contributed by atoms with E-state index in [4.69, 9.17) is 23.7 Å². The number of carbonyl (C=O) groups excluding carboxylic acids is 4. The highest BCUT2D eigenvalue weighted by molar-refractivity contribution is 6.21. The molecule has 0 aromatic heterocycles. The van der Waals surface area contributed by atoms with Crippen molar-refractivity contribution in [2.24, 2.45) is 23.7 Å². The maximum atomic E-state index is 14.6. The minimum Gasteiger partial charge on any atom is -0.507 e. The monoisotopic (exact) mass is 894 g/mol. The third kappa shape index (κ3) is 11.6. The maximum absolute atomic E-state index is 14.6. The maximum Gasteiger partial charge on any atom is 0.312 e. The van der Waals surface area contributed by atoms with Crippen LogP contribution in [0.25, 0.3) is 10.8 Å². The molecule has 3 heterocycles. The van der Waals surface area contributed by atoms with E-state index in [-0.39, 0.29) is 50.6 Å². The quantitative estimate of drug-likeness (QED) is 0.0745. The van der Waals surface area contributed by atoms with Crippen LogP contribution in [-0.4, -0.2) is 106 Å². The first-order valence-corrected chi connectivity index (χ1v) is 22.5. The number of nitrogens with zero attached hydrogens (tertiary/aromatic N) is 1. The number of ether oxygens (including phenoxy) is 5. The molecule has 5 N–H and O–H groups in total. The average molecular weight is 895 g/mol. The Hall–Kier alpha value is -5.12. The van der Waals surface area contributed by atoms with Gasteiger partial charge in [0.05, 0.1) is 41.2 Å². The molecular formula is C49H70N2O13. The number of esters is 1. The third-order valence-electron chi connectivity index (χ3n) is 12.6. The first-order valence-electron chi connectivity index (χ1n) is 22.5. The number of anilines is 1. The number of fused-ring (bicyclic) bond motifs is 14. The van der Waals surface area contributed by atoms with E-state index < -0.39 is 89.6 Å². The summed E-state index contributed by atoms with van der Waals surface area (Å²) >= 11 is 0. The van der Waals surface area contributed by atoms with Crippen molar-refractivity contribution in [2.45, 2.75) is 138 Å². The van der Waals surface area contributed by atoms with Gasteiger partial charge < -0.3 is 54.3 Å². The van der Waals surface area contributed by atoms with Crippen molar-refractivity contribution in [1.82, 2.24) is 4.90 Å². The number of amides is 2. The number of phenols is 2. The lowest BCUT2D eigenvalue weighted by atomic mass is 9.78. The summed E-state index contributed by atoms with van der Waals surface area (Å²) in [6, 6.07) is 1.30. The number of unbranched alkanes of at least 4 members (excludes halogenated alkanes) is 4. The number of aliphatic hydroxyl groups is 2. The second-order valence-corrected chi connectivity index (χ2v) is 17.5. The Morgan fingerprint density at radius 3 is 2.12 bits per heavy atom. The summed E-state index contributed by atoms with van der Waals surface area (Å²) in [5.74, 6) is -7.88. The minimum atomic E-state index is -2.03. The Morgan fingerprint density at radius 1 is 0.891 bits per heavy atom. The van der Waals surface area contributed by atoms with E-state index in [1.807, 2.05) is 0 Å². The Balaban J connectivity index is 1.91. The molecule has 15 heteroatoms. The van der Waals surface area contributed by atoms with Gasteiger partial charge in [-0.1, -0.05) is 85.5 Å². The Labute approximate surface area is 377 Å². The molecule has 5 rings (SSSR count). The van der Waals surface area contributed by atoms with Crippen molar-refractivity contribution in [3.63, 3.8) is 0 Å². The number of hydrogen-bond acceptors (Lipinski definition) is 13. The number of methoxy groups -OCH3 is 1. The second kappa shape index (κ2) is 22.7. The third-order valence-corrected chi connectivity index (χ3v) is 12.6. The van der Waals surface area contributed by atoms with Crippen LogP contribution in [0.2, 0.25) is 0 Å². The molecule has 3 aliphatic rings. The normalized spacial score (nSPS) is 28.4. The smallest absolute Gasteiger partial charge is 0.312 e. The number of rotatable bonds is 13. The van der Waals surface area contributed by atoms with Crippen LogP contribution in [-0.2, 0) is 28.6 Å². The van der Waals surface area contributed by atoms with E-state index in [1.165, 1.54) is 52.4 Å². The Bertz CT molecular complexity index is 2090. The topological polar surface area (TPSA) is 211 Å². The fraction of sp³-hybridized carbons (Fsp3) is 0.592. The molecule has 3 aliphatic heterocycles. The molecule has 9 atom stereocenters. The fourth-order valence-corrected chi connectivity index (χ4v) is 8.45. The average Bonchev–Trinajstić information content (AvgIpc) is 3.52. The molecule has 0 spiro atoms. The summed E-state index contributed by atoms with van der Waals surface area (Å²) in [6.45, 7) is 17.4. The lowest BCUT2D eigenvalue weighted by Gasteiger charge is -2.38. The zero-order valence-corrected chi connectivity index (χ0v) is 39.4. The van der Waals surface area contributed by atoms with Crippen LogP contribution < -0.4 is 14.8 Å². The molecule has 2 aromatic carbocycles. The number of Topliss-reactive ketones (excluding diaryl/α,β-unsaturated/α-hetero) is 1. The number of phenolic OH excluding ortho intramolecular Hbond substituents is 2. The summed E-state index contributed by atoms with van der Waals surface area (Å²) in [5, 5.41) is 48.9. The highest BCUT2D eigenvalue weighted by atomic mass is 16.7. The fourth-order valence-electron chi connectivity index (χ4n) is 8.45. The van der Waals surface area contributed by atoms with Gasteiger partial charge in [-0.2, -0.15) is 0 Å².